The second-order valence-electron chi connectivity index (χ2n) is 4.63. The van der Waals surface area contributed by atoms with E-state index in [1.54, 1.807) is 24.8 Å². The van der Waals surface area contributed by atoms with Gasteiger partial charge in [0, 0.05) is 5.03 Å². The smallest absolute Gasteiger partial charge is 0.308 e. The van der Waals surface area contributed by atoms with Crippen LogP contribution in [0.15, 0.2) is 36.4 Å². The zero-order chi connectivity index (χ0) is 15.9. The van der Waals surface area contributed by atoms with Gasteiger partial charge in [-0.25, -0.2) is 0 Å². The Labute approximate surface area is 132 Å². The Morgan fingerprint density at radius 1 is 1.24 bits per heavy atom. The monoisotopic (exact) mass is 331 g/mol. The molecule has 0 aliphatic heterocycles. The molecule has 6 heteroatoms. The first-order valence-electron chi connectivity index (χ1n) is 6.92. The first-order chi connectivity index (χ1) is 9.94. The van der Waals surface area contributed by atoms with Gasteiger partial charge in [-0.15, -0.1) is 0 Å². The zero-order valence-electron chi connectivity index (χ0n) is 13.0. The van der Waals surface area contributed by atoms with E-state index in [9.17, 15) is 4.57 Å². The van der Waals surface area contributed by atoms with Crippen LogP contribution in [0.4, 0.5) is 0 Å². The van der Waals surface area contributed by atoms with Crippen molar-refractivity contribution < 1.29 is 13.6 Å². The van der Waals surface area contributed by atoms with Gasteiger partial charge in [0.2, 0.25) is 0 Å². The molecule has 1 atom stereocenters. The highest BCUT2D eigenvalue weighted by Gasteiger charge is 2.36. The van der Waals surface area contributed by atoms with Crippen LogP contribution in [0, 0.1) is 0 Å². The Bertz CT molecular complexity index is 495. The lowest BCUT2D eigenvalue weighted by Gasteiger charge is -2.29. The Morgan fingerprint density at radius 3 is 2.19 bits per heavy atom. The maximum absolute atomic E-state index is 12.9. The summed E-state index contributed by atoms with van der Waals surface area (Å²) in [6.07, 6.45) is 1.73. The molecule has 0 radical (unpaired) electrons. The van der Waals surface area contributed by atoms with E-state index < -0.39 is 13.4 Å². The summed E-state index contributed by atoms with van der Waals surface area (Å²) in [4.78, 5) is 1.79. The van der Waals surface area contributed by atoms with E-state index in [1.807, 2.05) is 44.4 Å². The second kappa shape index (κ2) is 8.72. The number of nitrogens with zero attached hydrogens (tertiary/aromatic N) is 1. The van der Waals surface area contributed by atoms with Crippen molar-refractivity contribution in [1.29, 1.82) is 0 Å². The minimum Gasteiger partial charge on any atom is -0.308 e. The second-order valence-corrected chi connectivity index (χ2v) is 7.17. The fraction of sp³-hybridized carbons (Fsp3) is 0.467. The molecule has 0 heterocycles. The van der Waals surface area contributed by atoms with Crippen molar-refractivity contribution >= 4 is 24.2 Å². The fourth-order valence-electron chi connectivity index (χ4n) is 1.90. The highest BCUT2D eigenvalue weighted by atomic mass is 35.5. The number of rotatable bonds is 8. The van der Waals surface area contributed by atoms with Crippen LogP contribution in [0.25, 0.3) is 5.03 Å². The van der Waals surface area contributed by atoms with E-state index in [1.165, 1.54) is 0 Å². The summed E-state index contributed by atoms with van der Waals surface area (Å²) >= 11 is 6.35. The molecule has 0 aliphatic rings. The molecule has 0 aromatic heterocycles. The van der Waals surface area contributed by atoms with E-state index in [4.69, 9.17) is 20.6 Å². The molecule has 0 fully saturated rings. The fourth-order valence-corrected chi connectivity index (χ4v) is 4.23. The van der Waals surface area contributed by atoms with Crippen molar-refractivity contribution in [2.24, 2.45) is 0 Å². The van der Waals surface area contributed by atoms with Crippen LogP contribution in [0.3, 0.4) is 0 Å². The number of hydrogen-bond donors (Lipinski definition) is 0. The molecular formula is C15H23ClNO3P. The van der Waals surface area contributed by atoms with Crippen molar-refractivity contribution in [2.45, 2.75) is 19.6 Å². The molecule has 0 amide bonds. The Hall–Kier alpha value is -0.640. The summed E-state index contributed by atoms with van der Waals surface area (Å²) in [6.45, 7) is 4.22. The molecule has 21 heavy (non-hydrogen) atoms. The largest absolute Gasteiger partial charge is 0.351 e. The summed E-state index contributed by atoms with van der Waals surface area (Å²) in [5, 5.41) is 0.522. The van der Waals surface area contributed by atoms with Crippen LogP contribution >= 0.6 is 19.2 Å². The number of benzene rings is 1. The van der Waals surface area contributed by atoms with Crippen molar-refractivity contribution in [3.63, 3.8) is 0 Å². The van der Waals surface area contributed by atoms with E-state index in [2.05, 4.69) is 0 Å². The lowest BCUT2D eigenvalue weighted by Crippen LogP contribution is -2.28. The lowest BCUT2D eigenvalue weighted by molar-refractivity contribution is 0.196. The van der Waals surface area contributed by atoms with Gasteiger partial charge in [-0.1, -0.05) is 41.9 Å². The minimum absolute atomic E-state index is 0.318. The standard InChI is InChI=1S/C15H23ClNO3P/c1-5-19-21(18,20-6-2)15(17(3)4)12-14(16)13-10-8-7-9-11-13/h7-12,15H,5-6H2,1-4H3. The van der Waals surface area contributed by atoms with Gasteiger partial charge in [-0.3, -0.25) is 9.46 Å². The normalized spacial score (nSPS) is 14.5. The highest BCUT2D eigenvalue weighted by Crippen LogP contribution is 2.54. The van der Waals surface area contributed by atoms with Crippen molar-refractivity contribution in [3.8, 4) is 0 Å². The molecule has 1 unspecified atom stereocenters. The Balaban J connectivity index is 3.14. The van der Waals surface area contributed by atoms with Crippen molar-refractivity contribution in [3.05, 3.63) is 42.0 Å². The molecule has 0 N–H and O–H groups in total. The maximum atomic E-state index is 12.9. The molecule has 0 spiro atoms. The summed E-state index contributed by atoms with van der Waals surface area (Å²) in [5.41, 5.74) is 0.866. The van der Waals surface area contributed by atoms with Crippen molar-refractivity contribution in [1.82, 2.24) is 4.90 Å². The molecule has 118 valence electrons. The van der Waals surface area contributed by atoms with Crippen LogP contribution in [-0.2, 0) is 13.6 Å². The first kappa shape index (κ1) is 18.4. The SMILES string of the molecule is CCOP(=O)(OCC)C(C=C(Cl)c1ccccc1)N(C)C. The van der Waals surface area contributed by atoms with Crippen LogP contribution in [0.2, 0.25) is 0 Å². The van der Waals surface area contributed by atoms with Gasteiger partial charge in [-0.2, -0.15) is 0 Å². The quantitative estimate of drug-likeness (QED) is 0.661. The average molecular weight is 332 g/mol. The van der Waals surface area contributed by atoms with E-state index in [-0.39, 0.29) is 0 Å². The van der Waals surface area contributed by atoms with Gasteiger partial charge < -0.3 is 9.05 Å². The van der Waals surface area contributed by atoms with E-state index in [0.29, 0.717) is 18.2 Å². The van der Waals surface area contributed by atoms with Gasteiger partial charge in [0.1, 0.15) is 5.78 Å². The molecule has 0 saturated heterocycles. The maximum Gasteiger partial charge on any atom is 0.351 e. The minimum atomic E-state index is -3.29. The summed E-state index contributed by atoms with van der Waals surface area (Å²) in [7, 11) is 0.346. The van der Waals surface area contributed by atoms with Gasteiger partial charge in [0.25, 0.3) is 0 Å². The van der Waals surface area contributed by atoms with Crippen LogP contribution in [0.1, 0.15) is 19.4 Å². The predicted octanol–water partition coefficient (Wildman–Crippen LogP) is 4.42. The average Bonchev–Trinajstić information content (AvgIpc) is 2.45. The van der Waals surface area contributed by atoms with Gasteiger partial charge in [0.15, 0.2) is 0 Å². The third-order valence-electron chi connectivity index (χ3n) is 2.82. The van der Waals surface area contributed by atoms with E-state index in [0.717, 1.165) is 5.56 Å². The summed E-state index contributed by atoms with van der Waals surface area (Å²) < 4.78 is 23.8. The van der Waals surface area contributed by atoms with Crippen LogP contribution < -0.4 is 0 Å². The number of halogens is 1. The predicted molar refractivity (Wildman–Crippen MR) is 88.6 cm³/mol. The lowest BCUT2D eigenvalue weighted by atomic mass is 10.2. The molecule has 1 aromatic carbocycles. The van der Waals surface area contributed by atoms with Crippen molar-refractivity contribution in [2.75, 3.05) is 27.3 Å². The molecule has 4 nitrogen and oxygen atoms in total. The highest BCUT2D eigenvalue weighted by molar-refractivity contribution is 7.54. The molecule has 1 rings (SSSR count). The number of hydrogen-bond acceptors (Lipinski definition) is 4. The molecular weight excluding hydrogens is 309 g/mol. The molecule has 1 aromatic rings. The van der Waals surface area contributed by atoms with Crippen LogP contribution in [-0.4, -0.2) is 38.0 Å². The van der Waals surface area contributed by atoms with Gasteiger partial charge >= 0.3 is 7.60 Å². The van der Waals surface area contributed by atoms with Crippen LogP contribution in [0.5, 0.6) is 0 Å². The van der Waals surface area contributed by atoms with Gasteiger partial charge in [-0.05, 0) is 39.6 Å². The molecule has 0 aliphatic carbocycles. The summed E-state index contributed by atoms with van der Waals surface area (Å²) in [5.74, 6) is -0.537. The third kappa shape index (κ3) is 5.24. The molecule has 0 saturated carbocycles. The van der Waals surface area contributed by atoms with E-state index >= 15 is 0 Å². The third-order valence-corrected chi connectivity index (χ3v) is 5.66. The van der Waals surface area contributed by atoms with Gasteiger partial charge in [0.05, 0.1) is 13.2 Å². The Kier molecular flexibility index (Phi) is 7.64. The Morgan fingerprint density at radius 2 is 1.76 bits per heavy atom. The topological polar surface area (TPSA) is 38.8 Å². The molecule has 0 bridgehead atoms. The summed E-state index contributed by atoms with van der Waals surface area (Å²) in [6, 6.07) is 9.53. The zero-order valence-corrected chi connectivity index (χ0v) is 14.6. The number of likely N-dealkylation sites (N-methyl/N-ethyl adjacent to an activating group) is 1. The first-order valence-corrected chi connectivity index (χ1v) is 8.91.